The number of carbonyl (C=O) groups excluding carboxylic acids is 1. The number of carboxylic acids is 1. The van der Waals surface area contributed by atoms with Gasteiger partial charge in [0.1, 0.15) is 5.75 Å². The molecule has 29 heavy (non-hydrogen) atoms. The van der Waals surface area contributed by atoms with Crippen molar-refractivity contribution in [3.05, 3.63) is 59.2 Å². The third-order valence-electron chi connectivity index (χ3n) is 4.74. The van der Waals surface area contributed by atoms with Gasteiger partial charge in [-0.3, -0.25) is 4.79 Å². The number of halogens is 3. The second-order valence-electron chi connectivity index (χ2n) is 6.53. The third-order valence-corrected chi connectivity index (χ3v) is 4.74. The van der Waals surface area contributed by atoms with Crippen LogP contribution in [0.25, 0.3) is 11.1 Å². The lowest BCUT2D eigenvalue weighted by Gasteiger charge is -2.17. The first-order chi connectivity index (χ1) is 13.7. The van der Waals surface area contributed by atoms with Gasteiger partial charge >= 0.3 is 12.1 Å². The van der Waals surface area contributed by atoms with E-state index < -0.39 is 29.3 Å². The van der Waals surface area contributed by atoms with E-state index >= 15 is 0 Å². The molecule has 0 saturated heterocycles. The summed E-state index contributed by atoms with van der Waals surface area (Å²) in [6.07, 6.45) is -3.81. The zero-order chi connectivity index (χ0) is 21.2. The van der Waals surface area contributed by atoms with Gasteiger partial charge in [0.25, 0.3) is 5.91 Å². The molecule has 2 aromatic carbocycles. The van der Waals surface area contributed by atoms with Crippen molar-refractivity contribution in [1.82, 2.24) is 0 Å². The summed E-state index contributed by atoms with van der Waals surface area (Å²) in [4.78, 5) is 23.7. The summed E-state index contributed by atoms with van der Waals surface area (Å²) in [7, 11) is 1.42. The predicted molar refractivity (Wildman–Crippen MR) is 101 cm³/mol. The molecule has 0 fully saturated rings. The highest BCUT2D eigenvalue weighted by Crippen LogP contribution is 2.40. The van der Waals surface area contributed by atoms with Crippen LogP contribution in [0.4, 0.5) is 18.9 Å². The smallest absolute Gasteiger partial charge is 0.418 e. The Labute approximate surface area is 164 Å². The molecular weight excluding hydrogens is 387 g/mol. The molecule has 0 bridgehead atoms. The van der Waals surface area contributed by atoms with Crippen LogP contribution in [0.2, 0.25) is 0 Å². The van der Waals surface area contributed by atoms with Crippen LogP contribution in [-0.4, -0.2) is 24.1 Å². The Morgan fingerprint density at radius 1 is 1.07 bits per heavy atom. The summed E-state index contributed by atoms with van der Waals surface area (Å²) < 4.78 is 46.2. The minimum atomic E-state index is -4.72. The molecule has 0 unspecified atom stereocenters. The summed E-state index contributed by atoms with van der Waals surface area (Å²) >= 11 is 0. The molecule has 0 atom stereocenters. The zero-order valence-electron chi connectivity index (χ0n) is 15.5. The number of rotatable bonds is 5. The highest BCUT2D eigenvalue weighted by atomic mass is 19.4. The summed E-state index contributed by atoms with van der Waals surface area (Å²) in [5.74, 6) is -1.63. The van der Waals surface area contributed by atoms with E-state index in [1.54, 1.807) is 24.3 Å². The van der Waals surface area contributed by atoms with E-state index in [-0.39, 0.29) is 29.6 Å². The number of hydrogen-bond donors (Lipinski definition) is 2. The number of nitrogens with one attached hydrogen (secondary N) is 1. The Balaban J connectivity index is 2.01. The van der Waals surface area contributed by atoms with E-state index in [1.165, 1.54) is 19.2 Å². The van der Waals surface area contributed by atoms with Crippen LogP contribution in [-0.2, 0) is 15.8 Å². The van der Waals surface area contributed by atoms with Gasteiger partial charge in [-0.1, -0.05) is 24.3 Å². The molecule has 0 aromatic heterocycles. The van der Waals surface area contributed by atoms with Crippen LogP contribution < -0.4 is 10.1 Å². The van der Waals surface area contributed by atoms with Crippen molar-refractivity contribution >= 4 is 17.6 Å². The molecule has 0 spiro atoms. The first-order valence-corrected chi connectivity index (χ1v) is 8.83. The van der Waals surface area contributed by atoms with Crippen molar-refractivity contribution in [2.45, 2.75) is 25.4 Å². The lowest BCUT2D eigenvalue weighted by molar-refractivity contribution is -0.137. The van der Waals surface area contributed by atoms with Crippen LogP contribution in [0.1, 0.15) is 24.8 Å². The molecule has 2 N–H and O–H groups in total. The monoisotopic (exact) mass is 405 g/mol. The molecule has 1 amide bonds. The van der Waals surface area contributed by atoms with Crippen molar-refractivity contribution < 1.29 is 32.6 Å². The minimum Gasteiger partial charge on any atom is -0.496 e. The van der Waals surface area contributed by atoms with Gasteiger partial charge in [0, 0.05) is 16.7 Å². The number of ether oxygens (including phenoxy) is 1. The van der Waals surface area contributed by atoms with E-state index in [9.17, 15) is 22.8 Å². The summed E-state index contributed by atoms with van der Waals surface area (Å²) in [5.41, 5.74) is -0.736. The van der Waals surface area contributed by atoms with Crippen LogP contribution in [0.3, 0.4) is 0 Å². The average molecular weight is 405 g/mol. The normalized spacial score (nSPS) is 14.1. The number of carboxylic acid groups (broad SMARTS) is 1. The molecule has 0 saturated carbocycles. The Kier molecular flexibility index (Phi) is 5.63. The molecule has 8 heteroatoms. The van der Waals surface area contributed by atoms with Gasteiger partial charge < -0.3 is 15.2 Å². The Morgan fingerprint density at radius 2 is 1.76 bits per heavy atom. The molecule has 1 aliphatic rings. The molecule has 0 heterocycles. The SMILES string of the molecule is COc1ccccc1-c1ccc(NC(=O)C2=C(C(=O)O)CCC2)c(C(F)(F)F)c1. The molecule has 0 aliphatic heterocycles. The maximum Gasteiger partial charge on any atom is 0.418 e. The molecule has 5 nitrogen and oxygen atoms in total. The van der Waals surface area contributed by atoms with Gasteiger partial charge in [0.05, 0.1) is 18.4 Å². The second-order valence-corrected chi connectivity index (χ2v) is 6.53. The number of alkyl halides is 3. The zero-order valence-corrected chi connectivity index (χ0v) is 15.5. The maximum absolute atomic E-state index is 13.7. The van der Waals surface area contributed by atoms with Gasteiger partial charge in [-0.2, -0.15) is 13.2 Å². The van der Waals surface area contributed by atoms with Crippen LogP contribution in [0.5, 0.6) is 5.75 Å². The topological polar surface area (TPSA) is 75.6 Å². The first kappa shape index (κ1) is 20.4. The molecule has 1 aliphatic carbocycles. The number of para-hydroxylation sites is 1. The largest absolute Gasteiger partial charge is 0.496 e. The van der Waals surface area contributed by atoms with Crippen molar-refractivity contribution in [2.75, 3.05) is 12.4 Å². The van der Waals surface area contributed by atoms with E-state index in [2.05, 4.69) is 5.32 Å². The van der Waals surface area contributed by atoms with Crippen molar-refractivity contribution in [3.63, 3.8) is 0 Å². The average Bonchev–Trinajstić information content (AvgIpc) is 3.18. The van der Waals surface area contributed by atoms with Crippen molar-refractivity contribution in [1.29, 1.82) is 0 Å². The van der Waals surface area contributed by atoms with Gasteiger partial charge in [0.15, 0.2) is 0 Å². The van der Waals surface area contributed by atoms with Gasteiger partial charge in [-0.25, -0.2) is 4.79 Å². The number of hydrogen-bond acceptors (Lipinski definition) is 3. The quantitative estimate of drug-likeness (QED) is 0.743. The Bertz CT molecular complexity index is 996. The van der Waals surface area contributed by atoms with Crippen LogP contribution >= 0.6 is 0 Å². The van der Waals surface area contributed by atoms with Crippen LogP contribution in [0.15, 0.2) is 53.6 Å². The first-order valence-electron chi connectivity index (χ1n) is 8.83. The van der Waals surface area contributed by atoms with Gasteiger partial charge in [-0.05, 0) is 43.0 Å². The molecule has 0 radical (unpaired) electrons. The number of amides is 1. The lowest BCUT2D eigenvalue weighted by atomic mass is 10.00. The predicted octanol–water partition coefficient (Wildman–Crippen LogP) is 4.88. The van der Waals surface area contributed by atoms with Crippen molar-refractivity contribution in [2.24, 2.45) is 0 Å². The van der Waals surface area contributed by atoms with E-state index in [1.807, 2.05) is 0 Å². The fourth-order valence-corrected chi connectivity index (χ4v) is 3.37. The summed E-state index contributed by atoms with van der Waals surface area (Å²) in [5, 5.41) is 11.4. The van der Waals surface area contributed by atoms with Crippen LogP contribution in [0, 0.1) is 0 Å². The van der Waals surface area contributed by atoms with Gasteiger partial charge in [-0.15, -0.1) is 0 Å². The highest BCUT2D eigenvalue weighted by Gasteiger charge is 2.35. The van der Waals surface area contributed by atoms with Gasteiger partial charge in [0.2, 0.25) is 0 Å². The number of aliphatic carboxylic acids is 1. The fourth-order valence-electron chi connectivity index (χ4n) is 3.37. The second kappa shape index (κ2) is 7.98. The molecule has 2 aromatic rings. The highest BCUT2D eigenvalue weighted by molar-refractivity contribution is 6.09. The lowest BCUT2D eigenvalue weighted by Crippen LogP contribution is -2.19. The third kappa shape index (κ3) is 4.26. The summed E-state index contributed by atoms with van der Waals surface area (Å²) in [6, 6.07) is 10.2. The van der Waals surface area contributed by atoms with E-state index in [0.717, 1.165) is 6.07 Å². The number of anilines is 1. The summed E-state index contributed by atoms with van der Waals surface area (Å²) in [6.45, 7) is 0. The molecular formula is C21H18F3NO4. The molecule has 152 valence electrons. The fraction of sp³-hybridized carbons (Fsp3) is 0.238. The Hall–Kier alpha value is -3.29. The Morgan fingerprint density at radius 3 is 2.41 bits per heavy atom. The minimum absolute atomic E-state index is 0.0134. The number of methoxy groups -OCH3 is 1. The number of carbonyl (C=O) groups is 2. The standard InChI is InChI=1S/C21H18F3NO4/c1-29-18-8-3-2-5-13(18)12-9-10-17(16(11-12)21(22,23)24)25-19(26)14-6-4-7-15(14)20(27)28/h2-3,5,8-11H,4,6-7H2,1H3,(H,25,26)(H,27,28). The van der Waals surface area contributed by atoms with E-state index in [4.69, 9.17) is 9.84 Å². The molecule has 3 rings (SSSR count). The maximum atomic E-state index is 13.7. The van der Waals surface area contributed by atoms with Crippen molar-refractivity contribution in [3.8, 4) is 16.9 Å². The van der Waals surface area contributed by atoms with E-state index in [0.29, 0.717) is 17.7 Å². The number of benzene rings is 2.